The Bertz CT molecular complexity index is 257. The highest BCUT2D eigenvalue weighted by Crippen LogP contribution is 2.11. The van der Waals surface area contributed by atoms with E-state index in [1.807, 2.05) is 0 Å². The van der Waals surface area contributed by atoms with E-state index in [1.54, 1.807) is 12.0 Å². The van der Waals surface area contributed by atoms with Gasteiger partial charge in [-0.2, -0.15) is 0 Å². The molecule has 1 amide bonds. The minimum Gasteiger partial charge on any atom is -0.498 e. The lowest BCUT2D eigenvalue weighted by Crippen LogP contribution is -2.39. The quantitative estimate of drug-likeness (QED) is 0.550. The first-order chi connectivity index (χ1) is 7.67. The van der Waals surface area contributed by atoms with Crippen molar-refractivity contribution in [3.05, 3.63) is 11.8 Å². The monoisotopic (exact) mass is 229 g/mol. The molecule has 0 spiro atoms. The van der Waals surface area contributed by atoms with Gasteiger partial charge in [-0.1, -0.05) is 0 Å². The molecule has 0 saturated carbocycles. The van der Waals surface area contributed by atoms with Crippen molar-refractivity contribution in [1.82, 2.24) is 4.90 Å². The van der Waals surface area contributed by atoms with Crippen molar-refractivity contribution in [2.75, 3.05) is 33.9 Å². The fraction of sp³-hybridized carbons (Fsp3) is 0.727. The van der Waals surface area contributed by atoms with Crippen molar-refractivity contribution in [3.8, 4) is 0 Å². The van der Waals surface area contributed by atoms with E-state index in [1.165, 1.54) is 13.2 Å². The molecule has 1 aliphatic rings. The van der Waals surface area contributed by atoms with Gasteiger partial charge in [-0.15, -0.1) is 0 Å². The number of piperidine rings is 1. The van der Waals surface area contributed by atoms with Crippen LogP contribution >= 0.6 is 0 Å². The van der Waals surface area contributed by atoms with Gasteiger partial charge in [0.05, 0.1) is 13.2 Å². The standard InChI is InChI=1S/C11H19NO4/c1-15-8-10(16-2)7-11(14)12-5-3-9(13)4-6-12/h7,9,13H,3-6,8H2,1-2H3/b10-7-. The zero-order valence-corrected chi connectivity index (χ0v) is 9.81. The van der Waals surface area contributed by atoms with Crippen molar-refractivity contribution in [2.45, 2.75) is 18.9 Å². The van der Waals surface area contributed by atoms with Crippen LogP contribution in [0.1, 0.15) is 12.8 Å². The molecule has 0 radical (unpaired) electrons. The fourth-order valence-corrected chi connectivity index (χ4v) is 1.62. The SMILES string of the molecule is COC/C(=C/C(=O)N1CCC(O)CC1)OC. The number of rotatable bonds is 4. The average molecular weight is 229 g/mol. The lowest BCUT2D eigenvalue weighted by Gasteiger charge is -2.28. The Morgan fingerprint density at radius 1 is 1.44 bits per heavy atom. The Morgan fingerprint density at radius 3 is 2.56 bits per heavy atom. The summed E-state index contributed by atoms with van der Waals surface area (Å²) in [7, 11) is 3.06. The molecular formula is C11H19NO4. The molecule has 1 aliphatic heterocycles. The van der Waals surface area contributed by atoms with E-state index in [0.29, 0.717) is 38.3 Å². The molecular weight excluding hydrogens is 210 g/mol. The van der Waals surface area contributed by atoms with Crippen LogP contribution in [0.25, 0.3) is 0 Å². The normalized spacial score (nSPS) is 18.7. The smallest absolute Gasteiger partial charge is 0.250 e. The van der Waals surface area contributed by atoms with Crippen LogP contribution in [0.2, 0.25) is 0 Å². The summed E-state index contributed by atoms with van der Waals surface area (Å²) in [5.74, 6) is 0.430. The van der Waals surface area contributed by atoms with Gasteiger partial charge in [-0.05, 0) is 12.8 Å². The van der Waals surface area contributed by atoms with Crippen molar-refractivity contribution in [1.29, 1.82) is 0 Å². The van der Waals surface area contributed by atoms with Crippen LogP contribution in [-0.2, 0) is 14.3 Å². The molecule has 1 heterocycles. The van der Waals surface area contributed by atoms with Gasteiger partial charge in [0.25, 0.3) is 0 Å². The van der Waals surface area contributed by atoms with Crippen molar-refractivity contribution < 1.29 is 19.4 Å². The molecule has 16 heavy (non-hydrogen) atoms. The first-order valence-electron chi connectivity index (χ1n) is 5.38. The third-order valence-corrected chi connectivity index (χ3v) is 2.61. The van der Waals surface area contributed by atoms with Crippen LogP contribution in [0.15, 0.2) is 11.8 Å². The molecule has 1 saturated heterocycles. The van der Waals surface area contributed by atoms with Crippen molar-refractivity contribution in [2.24, 2.45) is 0 Å². The molecule has 0 unspecified atom stereocenters. The molecule has 0 aromatic heterocycles. The molecule has 92 valence electrons. The Morgan fingerprint density at radius 2 is 2.06 bits per heavy atom. The van der Waals surface area contributed by atoms with E-state index in [2.05, 4.69) is 0 Å². The van der Waals surface area contributed by atoms with E-state index in [-0.39, 0.29) is 12.0 Å². The second-order valence-corrected chi connectivity index (χ2v) is 3.80. The fourth-order valence-electron chi connectivity index (χ4n) is 1.62. The van der Waals surface area contributed by atoms with E-state index in [4.69, 9.17) is 9.47 Å². The Kier molecular flexibility index (Phi) is 5.28. The largest absolute Gasteiger partial charge is 0.498 e. The maximum absolute atomic E-state index is 11.8. The number of hydrogen-bond donors (Lipinski definition) is 1. The van der Waals surface area contributed by atoms with Crippen LogP contribution in [0, 0.1) is 0 Å². The maximum atomic E-state index is 11.8. The number of carbonyl (C=O) groups excluding carboxylic acids is 1. The van der Waals surface area contributed by atoms with Gasteiger partial charge in [-0.25, -0.2) is 0 Å². The number of methoxy groups -OCH3 is 2. The Balaban J connectivity index is 2.50. The second-order valence-electron chi connectivity index (χ2n) is 3.80. The molecule has 1 rings (SSSR count). The van der Waals surface area contributed by atoms with Crippen LogP contribution in [0.4, 0.5) is 0 Å². The number of nitrogens with zero attached hydrogens (tertiary/aromatic N) is 1. The molecule has 0 atom stereocenters. The highest BCUT2D eigenvalue weighted by Gasteiger charge is 2.20. The molecule has 0 aromatic carbocycles. The summed E-state index contributed by atoms with van der Waals surface area (Å²) in [4.78, 5) is 13.5. The van der Waals surface area contributed by atoms with Gasteiger partial charge in [0.2, 0.25) is 5.91 Å². The second kappa shape index (κ2) is 6.50. The summed E-state index contributed by atoms with van der Waals surface area (Å²) in [6.07, 6.45) is 2.47. The number of ether oxygens (including phenoxy) is 2. The summed E-state index contributed by atoms with van der Waals surface area (Å²) in [5, 5.41) is 9.32. The first-order valence-corrected chi connectivity index (χ1v) is 5.38. The van der Waals surface area contributed by atoms with E-state index >= 15 is 0 Å². The van der Waals surface area contributed by atoms with Gasteiger partial charge in [-0.3, -0.25) is 4.79 Å². The minimum atomic E-state index is -0.270. The first kappa shape index (κ1) is 13.0. The van der Waals surface area contributed by atoms with Gasteiger partial charge in [0.1, 0.15) is 12.4 Å². The van der Waals surface area contributed by atoms with Gasteiger partial charge in [0.15, 0.2) is 0 Å². The predicted octanol–water partition coefficient (Wildman–Crippen LogP) is 0.146. The lowest BCUT2D eigenvalue weighted by atomic mass is 10.1. The number of aliphatic hydroxyl groups is 1. The number of likely N-dealkylation sites (tertiary alicyclic amines) is 1. The van der Waals surface area contributed by atoms with E-state index in [9.17, 15) is 9.90 Å². The van der Waals surface area contributed by atoms with E-state index in [0.717, 1.165) is 0 Å². The minimum absolute atomic E-state index is 0.0826. The summed E-state index contributed by atoms with van der Waals surface area (Å²) in [6.45, 7) is 1.49. The van der Waals surface area contributed by atoms with Crippen LogP contribution < -0.4 is 0 Å². The summed E-state index contributed by atoms with van der Waals surface area (Å²) in [6, 6.07) is 0. The predicted molar refractivity (Wildman–Crippen MR) is 58.8 cm³/mol. The maximum Gasteiger partial charge on any atom is 0.250 e. The Hall–Kier alpha value is -1.07. The van der Waals surface area contributed by atoms with Crippen molar-refractivity contribution >= 4 is 5.91 Å². The number of carbonyl (C=O) groups is 1. The molecule has 5 nitrogen and oxygen atoms in total. The van der Waals surface area contributed by atoms with Crippen LogP contribution in [0.3, 0.4) is 0 Å². The molecule has 0 aliphatic carbocycles. The van der Waals surface area contributed by atoms with Gasteiger partial charge < -0.3 is 19.5 Å². The molecule has 5 heteroatoms. The number of amides is 1. The van der Waals surface area contributed by atoms with E-state index < -0.39 is 0 Å². The highest BCUT2D eigenvalue weighted by atomic mass is 16.5. The Labute approximate surface area is 95.6 Å². The molecule has 0 aromatic rings. The topological polar surface area (TPSA) is 59.0 Å². The van der Waals surface area contributed by atoms with Crippen LogP contribution in [-0.4, -0.2) is 55.9 Å². The molecule has 0 bridgehead atoms. The summed E-state index contributed by atoms with van der Waals surface area (Å²) >= 11 is 0. The summed E-state index contributed by atoms with van der Waals surface area (Å²) in [5.41, 5.74) is 0. The lowest BCUT2D eigenvalue weighted by molar-refractivity contribution is -0.128. The molecule has 1 fully saturated rings. The zero-order valence-electron chi connectivity index (χ0n) is 9.81. The van der Waals surface area contributed by atoms with Crippen molar-refractivity contribution in [3.63, 3.8) is 0 Å². The van der Waals surface area contributed by atoms with Gasteiger partial charge in [0, 0.05) is 26.3 Å². The highest BCUT2D eigenvalue weighted by molar-refractivity contribution is 5.88. The summed E-state index contributed by atoms with van der Waals surface area (Å²) < 4.78 is 9.91. The van der Waals surface area contributed by atoms with Crippen LogP contribution in [0.5, 0.6) is 0 Å². The number of hydrogen-bond acceptors (Lipinski definition) is 4. The third kappa shape index (κ3) is 3.83. The number of aliphatic hydroxyl groups excluding tert-OH is 1. The zero-order chi connectivity index (χ0) is 12.0. The third-order valence-electron chi connectivity index (χ3n) is 2.61. The molecule has 1 N–H and O–H groups in total. The van der Waals surface area contributed by atoms with Gasteiger partial charge >= 0.3 is 0 Å². The average Bonchev–Trinajstić information content (AvgIpc) is 2.29.